The van der Waals surface area contributed by atoms with Gasteiger partial charge in [0.15, 0.2) is 0 Å². The molecular formula is C17H14F3NOS. The maximum Gasteiger partial charge on any atom is 0.257 e. The molecule has 1 N–H and O–H groups in total. The third-order valence-electron chi connectivity index (χ3n) is 3.69. The Balaban J connectivity index is 1.66. The number of halogens is 3. The van der Waals surface area contributed by atoms with Crippen LogP contribution in [0.15, 0.2) is 47.4 Å². The molecule has 0 spiro atoms. The first-order chi connectivity index (χ1) is 11.0. The number of carbonyl (C=O) groups is 1. The summed E-state index contributed by atoms with van der Waals surface area (Å²) in [5, 5.41) is 2.56. The van der Waals surface area contributed by atoms with Crippen LogP contribution in [-0.2, 0) is 0 Å². The van der Waals surface area contributed by atoms with E-state index in [9.17, 15) is 18.0 Å². The lowest BCUT2D eigenvalue weighted by Crippen LogP contribution is -2.33. The highest BCUT2D eigenvalue weighted by Gasteiger charge is 2.44. The van der Waals surface area contributed by atoms with E-state index in [1.54, 1.807) is 11.8 Å². The fraction of sp³-hybridized carbons (Fsp3) is 0.235. The fourth-order valence-corrected chi connectivity index (χ4v) is 3.53. The van der Waals surface area contributed by atoms with Crippen LogP contribution in [0.1, 0.15) is 23.2 Å². The molecule has 0 radical (unpaired) electrons. The van der Waals surface area contributed by atoms with Crippen molar-refractivity contribution < 1.29 is 18.0 Å². The highest BCUT2D eigenvalue weighted by atomic mass is 32.2. The Morgan fingerprint density at radius 3 is 2.26 bits per heavy atom. The van der Waals surface area contributed by atoms with Gasteiger partial charge in [-0.1, -0.05) is 18.2 Å². The molecule has 120 valence electrons. The average molecular weight is 337 g/mol. The smallest absolute Gasteiger partial charge is 0.257 e. The molecule has 6 heteroatoms. The third-order valence-corrected chi connectivity index (χ3v) is 5.18. The number of hydrogen-bond donors (Lipinski definition) is 1. The maximum absolute atomic E-state index is 13.6. The molecule has 0 saturated heterocycles. The van der Waals surface area contributed by atoms with Gasteiger partial charge < -0.3 is 5.32 Å². The van der Waals surface area contributed by atoms with Crippen LogP contribution >= 0.6 is 11.8 Å². The van der Waals surface area contributed by atoms with Crippen molar-refractivity contribution in [3.05, 3.63) is 65.5 Å². The first-order valence-electron chi connectivity index (χ1n) is 7.16. The molecule has 1 saturated carbocycles. The minimum absolute atomic E-state index is 0.135. The number of amides is 1. The van der Waals surface area contributed by atoms with Gasteiger partial charge in [0.25, 0.3) is 5.91 Å². The molecule has 0 atom stereocenters. The second-order valence-corrected chi connectivity index (χ2v) is 7.07. The molecule has 0 aliphatic heterocycles. The zero-order valence-electron chi connectivity index (χ0n) is 12.1. The number of nitrogens with one attached hydrogen (secondary N) is 1. The largest absolute Gasteiger partial charge is 0.350 e. The minimum atomic E-state index is -1.19. The van der Waals surface area contributed by atoms with Gasteiger partial charge in [-0.15, -0.1) is 11.8 Å². The summed E-state index contributed by atoms with van der Waals surface area (Å²) in [7, 11) is 0. The zero-order valence-corrected chi connectivity index (χ0v) is 12.9. The zero-order chi connectivity index (χ0) is 16.4. The molecule has 2 nitrogen and oxygen atoms in total. The first kappa shape index (κ1) is 15.9. The summed E-state index contributed by atoms with van der Waals surface area (Å²) in [5.41, 5.74) is -0.744. The monoisotopic (exact) mass is 337 g/mol. The van der Waals surface area contributed by atoms with Crippen LogP contribution in [0.2, 0.25) is 0 Å². The van der Waals surface area contributed by atoms with Crippen molar-refractivity contribution in [2.75, 3.05) is 6.54 Å². The standard InChI is InChI=1S/C17H14F3NOS/c18-11-8-13(19)15(14(20)9-11)16(22)21-10-17(6-7-17)23-12-4-2-1-3-5-12/h1-5,8-9H,6-7,10H2,(H,21,22). The van der Waals surface area contributed by atoms with Crippen molar-refractivity contribution in [1.82, 2.24) is 5.32 Å². The van der Waals surface area contributed by atoms with Crippen LogP contribution in [0.25, 0.3) is 0 Å². The van der Waals surface area contributed by atoms with Gasteiger partial charge in [-0.2, -0.15) is 0 Å². The minimum Gasteiger partial charge on any atom is -0.350 e. The molecule has 1 aliphatic carbocycles. The average Bonchev–Trinajstić information content (AvgIpc) is 3.25. The summed E-state index contributed by atoms with van der Waals surface area (Å²) >= 11 is 1.64. The van der Waals surface area contributed by atoms with Gasteiger partial charge in [0.1, 0.15) is 23.0 Å². The molecule has 0 heterocycles. The lowest BCUT2D eigenvalue weighted by molar-refractivity contribution is 0.0944. The van der Waals surface area contributed by atoms with Gasteiger partial charge in [0.2, 0.25) is 0 Å². The fourth-order valence-electron chi connectivity index (χ4n) is 2.28. The van der Waals surface area contributed by atoms with Crippen LogP contribution in [0.5, 0.6) is 0 Å². The van der Waals surface area contributed by atoms with Crippen molar-refractivity contribution >= 4 is 17.7 Å². The lowest BCUT2D eigenvalue weighted by Gasteiger charge is -2.16. The van der Waals surface area contributed by atoms with Crippen LogP contribution in [-0.4, -0.2) is 17.2 Å². The number of thioether (sulfide) groups is 1. The van der Waals surface area contributed by atoms with Gasteiger partial charge >= 0.3 is 0 Å². The Morgan fingerprint density at radius 1 is 1.09 bits per heavy atom. The van der Waals surface area contributed by atoms with Gasteiger partial charge in [-0.25, -0.2) is 13.2 Å². The number of benzene rings is 2. The number of rotatable bonds is 5. The van der Waals surface area contributed by atoms with Crippen molar-refractivity contribution in [2.45, 2.75) is 22.5 Å². The Kier molecular flexibility index (Phi) is 4.35. The summed E-state index contributed by atoms with van der Waals surface area (Å²) in [5.74, 6) is -4.30. The third kappa shape index (κ3) is 3.69. The highest BCUT2D eigenvalue weighted by molar-refractivity contribution is 8.01. The number of hydrogen-bond acceptors (Lipinski definition) is 2. The molecule has 2 aromatic carbocycles. The molecule has 3 rings (SSSR count). The Hall–Kier alpha value is -1.95. The van der Waals surface area contributed by atoms with E-state index in [1.165, 1.54) is 0 Å². The van der Waals surface area contributed by atoms with E-state index in [0.717, 1.165) is 17.7 Å². The first-order valence-corrected chi connectivity index (χ1v) is 7.98. The van der Waals surface area contributed by atoms with Gasteiger partial charge in [-0.05, 0) is 25.0 Å². The normalized spacial score (nSPS) is 15.3. The van der Waals surface area contributed by atoms with Crippen LogP contribution in [0.3, 0.4) is 0 Å². The van der Waals surface area contributed by atoms with Crippen LogP contribution in [0.4, 0.5) is 13.2 Å². The predicted octanol–water partition coefficient (Wildman–Crippen LogP) is 4.16. The van der Waals surface area contributed by atoms with Gasteiger partial charge in [-0.3, -0.25) is 4.79 Å². The van der Waals surface area contributed by atoms with E-state index in [1.807, 2.05) is 30.3 Å². The summed E-state index contributed by atoms with van der Waals surface area (Å²) in [4.78, 5) is 13.1. The molecule has 0 unspecified atom stereocenters. The van der Waals surface area contributed by atoms with E-state index in [-0.39, 0.29) is 4.75 Å². The maximum atomic E-state index is 13.6. The SMILES string of the molecule is O=C(NCC1(Sc2ccccc2)CC1)c1c(F)cc(F)cc1F. The molecule has 23 heavy (non-hydrogen) atoms. The Labute approximate surface area is 136 Å². The molecule has 1 fully saturated rings. The van der Waals surface area contributed by atoms with Crippen molar-refractivity contribution in [3.63, 3.8) is 0 Å². The van der Waals surface area contributed by atoms with E-state index in [0.29, 0.717) is 18.7 Å². The predicted molar refractivity (Wildman–Crippen MR) is 82.9 cm³/mol. The van der Waals surface area contributed by atoms with Crippen molar-refractivity contribution in [1.29, 1.82) is 0 Å². The lowest BCUT2D eigenvalue weighted by atomic mass is 10.1. The van der Waals surface area contributed by atoms with E-state index in [4.69, 9.17) is 0 Å². The summed E-state index contributed by atoms with van der Waals surface area (Å²) in [6.07, 6.45) is 1.84. The molecule has 1 aliphatic rings. The quantitative estimate of drug-likeness (QED) is 0.888. The van der Waals surface area contributed by atoms with Crippen molar-refractivity contribution in [2.24, 2.45) is 0 Å². The van der Waals surface area contributed by atoms with E-state index >= 15 is 0 Å². The Morgan fingerprint density at radius 2 is 1.70 bits per heavy atom. The molecule has 1 amide bonds. The highest BCUT2D eigenvalue weighted by Crippen LogP contribution is 2.51. The van der Waals surface area contributed by atoms with E-state index in [2.05, 4.69) is 5.32 Å². The topological polar surface area (TPSA) is 29.1 Å². The molecule has 0 bridgehead atoms. The number of carbonyl (C=O) groups excluding carboxylic acids is 1. The Bertz CT molecular complexity index is 709. The van der Waals surface area contributed by atoms with Crippen LogP contribution < -0.4 is 5.32 Å². The molecular weight excluding hydrogens is 323 g/mol. The summed E-state index contributed by atoms with van der Waals surface area (Å²) in [6, 6.07) is 10.7. The van der Waals surface area contributed by atoms with E-state index < -0.39 is 28.9 Å². The van der Waals surface area contributed by atoms with Gasteiger partial charge in [0.05, 0.1) is 0 Å². The second-order valence-electron chi connectivity index (χ2n) is 5.53. The van der Waals surface area contributed by atoms with Gasteiger partial charge in [0, 0.05) is 28.3 Å². The summed E-state index contributed by atoms with van der Waals surface area (Å²) in [6.45, 7) is 0.307. The van der Waals surface area contributed by atoms with Crippen molar-refractivity contribution in [3.8, 4) is 0 Å². The summed E-state index contributed by atoms with van der Waals surface area (Å²) < 4.78 is 39.9. The molecule has 0 aromatic heterocycles. The van der Waals surface area contributed by atoms with Crippen LogP contribution in [0, 0.1) is 17.5 Å². The second kappa shape index (κ2) is 6.28. The molecule has 2 aromatic rings.